The lowest BCUT2D eigenvalue weighted by atomic mass is 9.86. The van der Waals surface area contributed by atoms with Gasteiger partial charge in [0.2, 0.25) is 11.8 Å². The summed E-state index contributed by atoms with van der Waals surface area (Å²) >= 11 is 1.17. The van der Waals surface area contributed by atoms with Crippen LogP contribution in [-0.4, -0.2) is 51.5 Å². The minimum atomic E-state index is -1.15. The number of nitrogens with two attached hydrogens (primary N) is 1. The molecule has 10 heteroatoms. The highest BCUT2D eigenvalue weighted by Crippen LogP contribution is 2.50. The molecular formula is C35H33N3O6S. The van der Waals surface area contributed by atoms with Crippen LogP contribution in [0, 0.1) is 5.92 Å². The van der Waals surface area contributed by atoms with Gasteiger partial charge in [0, 0.05) is 23.3 Å². The van der Waals surface area contributed by atoms with Crippen molar-refractivity contribution in [3.8, 4) is 0 Å². The van der Waals surface area contributed by atoms with E-state index in [1.807, 2.05) is 91.0 Å². The van der Waals surface area contributed by atoms with E-state index in [0.29, 0.717) is 22.3 Å². The van der Waals surface area contributed by atoms with Crippen molar-refractivity contribution in [3.63, 3.8) is 0 Å². The van der Waals surface area contributed by atoms with Crippen LogP contribution in [0.3, 0.4) is 0 Å². The molecule has 0 aromatic heterocycles. The van der Waals surface area contributed by atoms with Crippen molar-refractivity contribution in [2.24, 2.45) is 11.7 Å². The average Bonchev–Trinajstić information content (AvgIpc) is 3.01. The summed E-state index contributed by atoms with van der Waals surface area (Å²) in [6, 6.07) is 27.7. The van der Waals surface area contributed by atoms with Gasteiger partial charge >= 0.3 is 11.9 Å². The third-order valence-corrected chi connectivity index (χ3v) is 9.02. The van der Waals surface area contributed by atoms with Gasteiger partial charge in [-0.1, -0.05) is 91.0 Å². The number of nitrogens with zero attached hydrogens (tertiary/aromatic N) is 1. The number of rotatable bonds is 7. The van der Waals surface area contributed by atoms with Gasteiger partial charge < -0.3 is 20.5 Å². The maximum absolute atomic E-state index is 14.5. The summed E-state index contributed by atoms with van der Waals surface area (Å²) in [5, 5.41) is 1.07. The van der Waals surface area contributed by atoms with Gasteiger partial charge in [0.1, 0.15) is 16.7 Å². The predicted octanol–water partition coefficient (Wildman–Crippen LogP) is 4.31. The van der Waals surface area contributed by atoms with Crippen LogP contribution >= 0.6 is 11.8 Å². The highest BCUT2D eigenvalue weighted by molar-refractivity contribution is 8.00. The molecular weight excluding hydrogens is 590 g/mol. The number of esters is 2. The van der Waals surface area contributed by atoms with Crippen molar-refractivity contribution < 1.29 is 28.7 Å². The zero-order chi connectivity index (χ0) is 31.9. The second kappa shape index (κ2) is 12.0. The first-order valence-electron chi connectivity index (χ1n) is 14.6. The van der Waals surface area contributed by atoms with Crippen LogP contribution < -0.4 is 11.1 Å². The number of fused-ring (bicyclic) bond motifs is 1. The van der Waals surface area contributed by atoms with Crippen molar-refractivity contribution in [3.05, 3.63) is 125 Å². The maximum Gasteiger partial charge on any atom is 0.356 e. The van der Waals surface area contributed by atoms with Gasteiger partial charge in [-0.25, -0.2) is 4.79 Å². The molecule has 45 heavy (non-hydrogen) atoms. The van der Waals surface area contributed by atoms with Gasteiger partial charge in [0.15, 0.2) is 12.0 Å². The quantitative estimate of drug-likeness (QED) is 0.173. The minimum Gasteiger partial charge on any atom is -0.459 e. The Bertz CT molecular complexity index is 1680. The molecule has 0 radical (unpaired) electrons. The molecule has 3 N–H and O–H groups in total. The Morgan fingerprint density at radius 1 is 0.911 bits per heavy atom. The normalized spacial score (nSPS) is 22.2. The van der Waals surface area contributed by atoms with Crippen LogP contribution in [0.4, 0.5) is 0 Å². The van der Waals surface area contributed by atoms with Crippen molar-refractivity contribution >= 4 is 41.1 Å². The lowest BCUT2D eigenvalue weighted by Crippen LogP contribution is -2.66. The highest BCUT2D eigenvalue weighted by Gasteiger charge is 2.60. The van der Waals surface area contributed by atoms with Crippen LogP contribution in [0.1, 0.15) is 43.6 Å². The lowest BCUT2D eigenvalue weighted by molar-refractivity contribution is -0.175. The minimum absolute atomic E-state index is 0.0843. The van der Waals surface area contributed by atoms with Crippen LogP contribution in [-0.2, 0) is 28.7 Å². The number of hydrogen-bond acceptors (Lipinski definition) is 8. The SMILES string of the molecule is CC(C)(C)OC(=O)[C@H]1C(=O)N2C(C(=O)OC(c3ccccc3)c3ccccc3)=C(C(=C3CNC3=O)c3ccccc3)C(N)S[C@H]12. The molecule has 2 fully saturated rings. The van der Waals surface area contributed by atoms with Gasteiger partial charge in [0.05, 0.1) is 5.37 Å². The maximum atomic E-state index is 14.5. The molecule has 9 nitrogen and oxygen atoms in total. The van der Waals surface area contributed by atoms with Gasteiger partial charge in [-0.2, -0.15) is 0 Å². The second-order valence-electron chi connectivity index (χ2n) is 11.9. The molecule has 0 bridgehead atoms. The highest BCUT2D eigenvalue weighted by atomic mass is 32.2. The molecule has 1 unspecified atom stereocenters. The zero-order valence-corrected chi connectivity index (χ0v) is 25.9. The Morgan fingerprint density at radius 3 is 1.96 bits per heavy atom. The summed E-state index contributed by atoms with van der Waals surface area (Å²) in [5.41, 5.74) is 9.25. The van der Waals surface area contributed by atoms with Crippen LogP contribution in [0.15, 0.2) is 108 Å². The van der Waals surface area contributed by atoms with Crippen LogP contribution in [0.25, 0.3) is 5.57 Å². The molecule has 3 heterocycles. The Labute approximate surface area is 265 Å². The van der Waals surface area contributed by atoms with E-state index < -0.39 is 46.2 Å². The fraction of sp³-hybridized carbons (Fsp3) is 0.257. The molecule has 2 amide bonds. The molecule has 0 saturated carbocycles. The molecule has 3 atom stereocenters. The third-order valence-electron chi connectivity index (χ3n) is 7.73. The first kappa shape index (κ1) is 30.4. The fourth-order valence-corrected chi connectivity index (χ4v) is 7.05. The Hall–Kier alpha value is -4.67. The van der Waals surface area contributed by atoms with E-state index in [4.69, 9.17) is 15.2 Å². The smallest absolute Gasteiger partial charge is 0.356 e. The largest absolute Gasteiger partial charge is 0.459 e. The number of carbonyl (C=O) groups is 4. The average molecular weight is 624 g/mol. The van der Waals surface area contributed by atoms with Crippen molar-refractivity contribution in [2.75, 3.05) is 6.54 Å². The number of β-lactam (4-membered cyclic amide) rings is 2. The van der Waals surface area contributed by atoms with Crippen LogP contribution in [0.2, 0.25) is 0 Å². The number of thioether (sulfide) groups is 1. The summed E-state index contributed by atoms with van der Waals surface area (Å²) in [5.74, 6) is -3.52. The van der Waals surface area contributed by atoms with E-state index in [9.17, 15) is 19.2 Å². The van der Waals surface area contributed by atoms with Gasteiger partial charge in [-0.05, 0) is 37.5 Å². The molecule has 230 valence electrons. The molecule has 3 aromatic rings. The van der Waals surface area contributed by atoms with Crippen molar-refractivity contribution in [2.45, 2.75) is 43.2 Å². The molecule has 2 saturated heterocycles. The molecule has 0 spiro atoms. The van der Waals surface area contributed by atoms with E-state index in [0.717, 1.165) is 11.1 Å². The zero-order valence-electron chi connectivity index (χ0n) is 25.1. The molecule has 6 rings (SSSR count). The van der Waals surface area contributed by atoms with Gasteiger partial charge in [-0.3, -0.25) is 19.3 Å². The monoisotopic (exact) mass is 623 g/mol. The first-order valence-corrected chi connectivity index (χ1v) is 15.6. The summed E-state index contributed by atoms with van der Waals surface area (Å²) in [6.07, 6.45) is -0.809. The first-order chi connectivity index (χ1) is 21.5. The summed E-state index contributed by atoms with van der Waals surface area (Å²) in [4.78, 5) is 55.6. The summed E-state index contributed by atoms with van der Waals surface area (Å²) in [6.45, 7) is 5.44. The number of carbonyl (C=O) groups excluding carboxylic acids is 4. The van der Waals surface area contributed by atoms with E-state index in [-0.39, 0.29) is 18.1 Å². The van der Waals surface area contributed by atoms with Crippen molar-refractivity contribution in [1.82, 2.24) is 10.2 Å². The molecule has 0 aliphatic carbocycles. The fourth-order valence-electron chi connectivity index (χ4n) is 5.67. The number of hydrogen-bond donors (Lipinski definition) is 2. The third kappa shape index (κ3) is 5.79. The van der Waals surface area contributed by atoms with Crippen LogP contribution in [0.5, 0.6) is 0 Å². The van der Waals surface area contributed by atoms with E-state index in [1.54, 1.807) is 20.8 Å². The summed E-state index contributed by atoms with van der Waals surface area (Å²) in [7, 11) is 0. The van der Waals surface area contributed by atoms with E-state index in [2.05, 4.69) is 5.32 Å². The molecule has 3 aliphatic rings. The Kier molecular flexibility index (Phi) is 8.11. The molecule has 3 aliphatic heterocycles. The van der Waals surface area contributed by atoms with Gasteiger partial charge in [0.25, 0.3) is 0 Å². The number of amides is 2. The standard InChI is InChI=1S/C35H33N3O6S/c1-35(2,3)44-33(41)26-31(40)38-27(34(42)43-28(21-15-9-5-10-16-21)22-17-11-6-12-18-22)25(29(36)45-32(26)38)24(23-19-37-30(23)39)20-13-7-4-8-14-20/h4-18,26,28-29,32H,19,36H2,1-3H3,(H,37,39)/t26-,29?,32+/m0/s1. The van der Waals surface area contributed by atoms with Gasteiger partial charge in [-0.15, -0.1) is 11.8 Å². The molecule has 3 aromatic carbocycles. The van der Waals surface area contributed by atoms with Crippen molar-refractivity contribution in [1.29, 1.82) is 0 Å². The Morgan fingerprint density at radius 2 is 1.47 bits per heavy atom. The number of ether oxygens (including phenoxy) is 2. The lowest BCUT2D eigenvalue weighted by Gasteiger charge is -2.51. The summed E-state index contributed by atoms with van der Waals surface area (Å²) < 4.78 is 11.8. The second-order valence-corrected chi connectivity index (χ2v) is 13.2. The topological polar surface area (TPSA) is 128 Å². The number of benzene rings is 3. The Balaban J connectivity index is 1.50. The van der Waals surface area contributed by atoms with E-state index in [1.165, 1.54) is 16.7 Å². The number of nitrogens with one attached hydrogen (secondary N) is 1. The van der Waals surface area contributed by atoms with E-state index >= 15 is 0 Å². The predicted molar refractivity (Wildman–Crippen MR) is 170 cm³/mol.